The highest BCUT2D eigenvalue weighted by molar-refractivity contribution is 9.09. The van der Waals surface area contributed by atoms with Gasteiger partial charge in [-0.25, -0.2) is 18.2 Å². The summed E-state index contributed by atoms with van der Waals surface area (Å²) in [5, 5.41) is 0.0326. The van der Waals surface area contributed by atoms with Crippen molar-refractivity contribution < 1.29 is 26.3 Å². The number of fused-ring (bicyclic) bond motifs is 1. The fraction of sp³-hybridized carbons (Fsp3) is 0.462. The molecule has 1 aromatic rings. The van der Waals surface area contributed by atoms with E-state index in [0.717, 1.165) is 17.1 Å². The molecule has 2 aliphatic heterocycles. The van der Waals surface area contributed by atoms with Crippen LogP contribution in [-0.4, -0.2) is 28.1 Å². The standard InChI is InChI=1S/C13H10BrF6N3/c14-12-21-11-6(5-1-3-7(15)10(17)9(5)16)2-4-8(13(18,19)20)23(11)22-12/h1,3,6,8,12,22H,2,4H2. The SMILES string of the molecule is Fc1ccc(C2CCC(C(F)(F)F)N3NC(Br)N=C23)c(F)c1F. The first kappa shape index (κ1) is 16.6. The van der Waals surface area contributed by atoms with E-state index in [1.54, 1.807) is 0 Å². The van der Waals surface area contributed by atoms with E-state index in [0.29, 0.717) is 0 Å². The van der Waals surface area contributed by atoms with E-state index in [2.05, 4.69) is 26.3 Å². The van der Waals surface area contributed by atoms with Crippen molar-refractivity contribution in [2.45, 2.75) is 36.1 Å². The third-order valence-corrected chi connectivity index (χ3v) is 4.32. The molecule has 0 saturated carbocycles. The Balaban J connectivity index is 2.00. The Morgan fingerprint density at radius 1 is 1.13 bits per heavy atom. The highest BCUT2D eigenvalue weighted by Gasteiger charge is 2.51. The van der Waals surface area contributed by atoms with Crippen LogP contribution in [-0.2, 0) is 0 Å². The number of nitrogens with zero attached hydrogens (tertiary/aromatic N) is 2. The summed E-state index contributed by atoms with van der Waals surface area (Å²) in [4.78, 5) is 3.99. The minimum absolute atomic E-state index is 0.0506. The average molecular weight is 402 g/mol. The third kappa shape index (κ3) is 2.82. The van der Waals surface area contributed by atoms with Crippen LogP contribution < -0.4 is 5.43 Å². The molecular formula is C13H10BrF6N3. The summed E-state index contributed by atoms with van der Waals surface area (Å²) in [5.74, 6) is -5.34. The molecule has 3 unspecified atom stereocenters. The summed E-state index contributed by atoms with van der Waals surface area (Å²) >= 11 is 3.03. The Kier molecular flexibility index (Phi) is 4.07. The number of benzene rings is 1. The predicted octanol–water partition coefficient (Wildman–Crippen LogP) is 3.81. The molecule has 1 fully saturated rings. The molecule has 0 radical (unpaired) electrons. The zero-order valence-corrected chi connectivity index (χ0v) is 12.9. The molecule has 10 heteroatoms. The van der Waals surface area contributed by atoms with Gasteiger partial charge in [0.25, 0.3) is 0 Å². The van der Waals surface area contributed by atoms with Gasteiger partial charge in [-0.2, -0.15) is 18.6 Å². The molecular weight excluding hydrogens is 392 g/mol. The molecule has 1 N–H and O–H groups in total. The van der Waals surface area contributed by atoms with E-state index in [4.69, 9.17) is 0 Å². The number of hydrogen-bond donors (Lipinski definition) is 1. The highest BCUT2D eigenvalue weighted by Crippen LogP contribution is 2.41. The number of piperidine rings is 1. The van der Waals surface area contributed by atoms with Crippen LogP contribution in [0.2, 0.25) is 0 Å². The van der Waals surface area contributed by atoms with E-state index >= 15 is 0 Å². The minimum Gasteiger partial charge on any atom is -0.280 e. The van der Waals surface area contributed by atoms with Gasteiger partial charge >= 0.3 is 6.18 Å². The molecule has 126 valence electrons. The maximum Gasteiger partial charge on any atom is 0.410 e. The molecule has 1 aromatic carbocycles. The fourth-order valence-corrected chi connectivity index (χ4v) is 3.32. The second-order valence-electron chi connectivity index (χ2n) is 5.27. The summed E-state index contributed by atoms with van der Waals surface area (Å²) in [6.45, 7) is 0. The van der Waals surface area contributed by atoms with Crippen LogP contribution in [0.3, 0.4) is 0 Å². The maximum absolute atomic E-state index is 14.0. The van der Waals surface area contributed by atoms with Crippen LogP contribution in [0.15, 0.2) is 17.1 Å². The van der Waals surface area contributed by atoms with E-state index in [-0.39, 0.29) is 24.2 Å². The molecule has 0 bridgehead atoms. The number of amidine groups is 1. The predicted molar refractivity (Wildman–Crippen MR) is 73.3 cm³/mol. The number of hydrogen-bond acceptors (Lipinski definition) is 3. The molecule has 23 heavy (non-hydrogen) atoms. The van der Waals surface area contributed by atoms with Crippen molar-refractivity contribution in [2.24, 2.45) is 4.99 Å². The quantitative estimate of drug-likeness (QED) is 0.335. The van der Waals surface area contributed by atoms with Gasteiger partial charge in [-0.3, -0.25) is 5.01 Å². The van der Waals surface area contributed by atoms with Crippen molar-refractivity contribution in [1.82, 2.24) is 10.4 Å². The van der Waals surface area contributed by atoms with Crippen molar-refractivity contribution >= 4 is 21.8 Å². The van der Waals surface area contributed by atoms with Crippen molar-refractivity contribution in [2.75, 3.05) is 0 Å². The first-order chi connectivity index (χ1) is 10.7. The minimum atomic E-state index is -4.50. The van der Waals surface area contributed by atoms with Gasteiger partial charge in [0.15, 0.2) is 22.5 Å². The van der Waals surface area contributed by atoms with Crippen molar-refractivity contribution in [3.05, 3.63) is 35.1 Å². The number of aliphatic imine (C=N–C) groups is 1. The maximum atomic E-state index is 14.0. The Labute approximate surface area is 135 Å². The molecule has 3 nitrogen and oxygen atoms in total. The first-order valence-corrected chi connectivity index (χ1v) is 7.59. The zero-order chi connectivity index (χ0) is 16.9. The van der Waals surface area contributed by atoms with Gasteiger partial charge in [0.05, 0.1) is 0 Å². The van der Waals surface area contributed by atoms with E-state index in [9.17, 15) is 26.3 Å². The second-order valence-corrected chi connectivity index (χ2v) is 6.14. The lowest BCUT2D eigenvalue weighted by molar-refractivity contribution is -0.183. The van der Waals surface area contributed by atoms with Crippen molar-refractivity contribution in [1.29, 1.82) is 0 Å². The molecule has 0 aromatic heterocycles. The lowest BCUT2D eigenvalue weighted by Crippen LogP contribution is -2.57. The summed E-state index contributed by atoms with van der Waals surface area (Å²) in [6, 6.07) is -0.0229. The Bertz CT molecular complexity index is 662. The summed E-state index contributed by atoms with van der Waals surface area (Å²) < 4.78 is 79.8. The smallest absolute Gasteiger partial charge is 0.280 e. The fourth-order valence-electron chi connectivity index (χ4n) is 2.89. The van der Waals surface area contributed by atoms with Gasteiger partial charge < -0.3 is 0 Å². The first-order valence-electron chi connectivity index (χ1n) is 6.67. The molecule has 0 aliphatic carbocycles. The normalized spacial score (nSPS) is 27.9. The summed E-state index contributed by atoms with van der Waals surface area (Å²) in [5.41, 5.74) is 2.28. The summed E-state index contributed by atoms with van der Waals surface area (Å²) in [7, 11) is 0. The van der Waals surface area contributed by atoms with Crippen LogP contribution in [0.5, 0.6) is 0 Å². The van der Waals surface area contributed by atoms with Gasteiger partial charge in [-0.1, -0.05) is 6.07 Å². The highest BCUT2D eigenvalue weighted by atomic mass is 79.9. The molecule has 2 heterocycles. The van der Waals surface area contributed by atoms with Gasteiger partial charge in [0.1, 0.15) is 11.9 Å². The van der Waals surface area contributed by atoms with Crippen molar-refractivity contribution in [3.8, 4) is 0 Å². The monoisotopic (exact) mass is 401 g/mol. The van der Waals surface area contributed by atoms with Gasteiger partial charge in [-0.15, -0.1) is 0 Å². The van der Waals surface area contributed by atoms with Gasteiger partial charge in [-0.05, 0) is 34.8 Å². The number of hydrazine groups is 1. The van der Waals surface area contributed by atoms with E-state index in [1.165, 1.54) is 0 Å². The topological polar surface area (TPSA) is 27.6 Å². The van der Waals surface area contributed by atoms with Gasteiger partial charge in [0, 0.05) is 11.5 Å². The molecule has 3 rings (SSSR count). The number of halogens is 7. The zero-order valence-electron chi connectivity index (χ0n) is 11.3. The lowest BCUT2D eigenvalue weighted by Gasteiger charge is -2.39. The molecule has 2 aliphatic rings. The second kappa shape index (κ2) is 5.66. The Hall–Kier alpha value is -1.29. The van der Waals surface area contributed by atoms with Crippen LogP contribution in [0.1, 0.15) is 24.3 Å². The molecule has 3 atom stereocenters. The summed E-state index contributed by atoms with van der Waals surface area (Å²) in [6.07, 6.45) is -4.90. The van der Waals surface area contributed by atoms with E-state index < -0.39 is 40.7 Å². The molecule has 1 saturated heterocycles. The van der Waals surface area contributed by atoms with Gasteiger partial charge in [0.2, 0.25) is 0 Å². The Morgan fingerprint density at radius 2 is 1.83 bits per heavy atom. The van der Waals surface area contributed by atoms with Crippen molar-refractivity contribution in [3.63, 3.8) is 0 Å². The van der Waals surface area contributed by atoms with Crippen LogP contribution in [0.4, 0.5) is 26.3 Å². The Morgan fingerprint density at radius 3 is 2.48 bits per heavy atom. The van der Waals surface area contributed by atoms with Crippen LogP contribution >= 0.6 is 15.9 Å². The van der Waals surface area contributed by atoms with Crippen LogP contribution in [0.25, 0.3) is 0 Å². The van der Waals surface area contributed by atoms with Crippen LogP contribution in [0, 0.1) is 17.5 Å². The number of nitrogens with one attached hydrogen (secondary N) is 1. The number of alkyl halides is 4. The largest absolute Gasteiger partial charge is 0.410 e. The van der Waals surface area contributed by atoms with E-state index in [1.807, 2.05) is 0 Å². The molecule has 0 amide bonds. The third-order valence-electron chi connectivity index (χ3n) is 3.91. The average Bonchev–Trinajstić information content (AvgIpc) is 2.84. The molecule has 0 spiro atoms. The number of rotatable bonds is 1. The lowest BCUT2D eigenvalue weighted by atomic mass is 9.86.